The highest BCUT2D eigenvalue weighted by atomic mass is 16.7. The van der Waals surface area contributed by atoms with Crippen LogP contribution in [0.5, 0.6) is 0 Å². The minimum Gasteiger partial charge on any atom is -0.445 e. The molecular formula is C14H23N3O6. The number of ether oxygens (including phenoxy) is 3. The van der Waals surface area contributed by atoms with Gasteiger partial charge in [0.05, 0.1) is 13.2 Å². The molecule has 2 heterocycles. The number of nitrogens with zero attached hydrogens (tertiary/aromatic N) is 1. The second kappa shape index (κ2) is 6.81. The number of morpholine rings is 1. The fourth-order valence-corrected chi connectivity index (χ4v) is 2.52. The van der Waals surface area contributed by atoms with Gasteiger partial charge in [-0.2, -0.15) is 0 Å². The topological polar surface area (TPSA) is 120 Å². The molecule has 0 aromatic carbocycles. The molecule has 0 radical (unpaired) electrons. The molecule has 9 heteroatoms. The molecule has 130 valence electrons. The number of carbonyl (C=O) groups excluding carboxylic acids is 3. The van der Waals surface area contributed by atoms with Gasteiger partial charge in [-0.25, -0.2) is 9.59 Å². The first-order chi connectivity index (χ1) is 10.8. The molecule has 0 aliphatic carbocycles. The molecule has 2 saturated heterocycles. The number of esters is 2. The molecule has 0 spiro atoms. The predicted molar refractivity (Wildman–Crippen MR) is 78.1 cm³/mol. The highest BCUT2D eigenvalue weighted by Gasteiger charge is 2.61. The molecule has 0 bridgehead atoms. The van der Waals surface area contributed by atoms with Gasteiger partial charge in [0.2, 0.25) is 0 Å². The molecule has 2 aliphatic rings. The van der Waals surface area contributed by atoms with Crippen LogP contribution in [0.3, 0.4) is 0 Å². The second-order valence-corrected chi connectivity index (χ2v) is 5.81. The second-order valence-electron chi connectivity index (χ2n) is 5.81. The Bertz CT molecular complexity index is 493. The van der Waals surface area contributed by atoms with Crippen molar-refractivity contribution in [3.63, 3.8) is 0 Å². The Morgan fingerprint density at radius 1 is 1.26 bits per heavy atom. The van der Waals surface area contributed by atoms with Crippen LogP contribution in [-0.4, -0.2) is 73.5 Å². The Hall–Kier alpha value is -1.71. The Balaban J connectivity index is 1.97. The van der Waals surface area contributed by atoms with Crippen LogP contribution in [0.4, 0.5) is 0 Å². The summed E-state index contributed by atoms with van der Waals surface area (Å²) in [6, 6.07) is 0. The summed E-state index contributed by atoms with van der Waals surface area (Å²) >= 11 is 0. The van der Waals surface area contributed by atoms with Crippen LogP contribution >= 0.6 is 0 Å². The number of hydrogen-bond donors (Lipinski definition) is 2. The third-order valence-electron chi connectivity index (χ3n) is 4.35. The van der Waals surface area contributed by atoms with Crippen LogP contribution in [0.15, 0.2) is 0 Å². The minimum absolute atomic E-state index is 0.222. The van der Waals surface area contributed by atoms with Gasteiger partial charge in [-0.1, -0.05) is 6.92 Å². The molecule has 0 aromatic heterocycles. The van der Waals surface area contributed by atoms with Crippen molar-refractivity contribution in [2.24, 2.45) is 5.73 Å². The van der Waals surface area contributed by atoms with Crippen LogP contribution in [0.2, 0.25) is 0 Å². The molecule has 2 fully saturated rings. The molecule has 1 amide bonds. The summed E-state index contributed by atoms with van der Waals surface area (Å²) in [6.07, 6.45) is 0.222. The lowest BCUT2D eigenvalue weighted by molar-refractivity contribution is -0.234. The van der Waals surface area contributed by atoms with Crippen molar-refractivity contribution in [3.05, 3.63) is 0 Å². The standard InChI is InChI=1S/C14H23N3O6/c1-3-13(2)14(15,23-11(19)10(18)22-13)12(20)16-4-5-17-6-8-21-9-7-17/h3-9,15H2,1-2H3,(H,16,20)/t13-,14+/m0/s1. The van der Waals surface area contributed by atoms with Crippen LogP contribution in [0, 0.1) is 0 Å². The van der Waals surface area contributed by atoms with Gasteiger partial charge in [0, 0.05) is 26.2 Å². The third-order valence-corrected chi connectivity index (χ3v) is 4.35. The summed E-state index contributed by atoms with van der Waals surface area (Å²) in [5.74, 6) is -3.09. The predicted octanol–water partition coefficient (Wildman–Crippen LogP) is -1.64. The molecule has 0 saturated carbocycles. The molecule has 23 heavy (non-hydrogen) atoms. The van der Waals surface area contributed by atoms with Gasteiger partial charge in [0.1, 0.15) is 0 Å². The number of nitrogens with two attached hydrogens (primary N) is 1. The Labute approximate surface area is 134 Å². The molecule has 2 rings (SSSR count). The van der Waals surface area contributed by atoms with Gasteiger partial charge >= 0.3 is 11.9 Å². The molecule has 2 atom stereocenters. The maximum Gasteiger partial charge on any atom is 0.419 e. The van der Waals surface area contributed by atoms with Gasteiger partial charge in [0.25, 0.3) is 11.6 Å². The van der Waals surface area contributed by atoms with Crippen molar-refractivity contribution in [2.75, 3.05) is 39.4 Å². The van der Waals surface area contributed by atoms with Gasteiger partial charge in [0.15, 0.2) is 5.60 Å². The van der Waals surface area contributed by atoms with E-state index in [1.807, 2.05) is 0 Å². The Kier molecular flexibility index (Phi) is 5.23. The maximum absolute atomic E-state index is 12.4. The van der Waals surface area contributed by atoms with Crippen LogP contribution in [0.1, 0.15) is 20.3 Å². The normalized spacial score (nSPS) is 32.1. The largest absolute Gasteiger partial charge is 0.445 e. The number of amides is 1. The zero-order valence-corrected chi connectivity index (χ0v) is 13.4. The molecule has 3 N–H and O–H groups in total. The summed E-state index contributed by atoms with van der Waals surface area (Å²) in [5, 5.41) is 2.65. The van der Waals surface area contributed by atoms with Crippen molar-refractivity contribution in [1.82, 2.24) is 10.2 Å². The number of nitrogens with one attached hydrogen (secondary N) is 1. The molecule has 0 aromatic rings. The fraction of sp³-hybridized carbons (Fsp3) is 0.786. The molecule has 0 unspecified atom stereocenters. The Morgan fingerprint density at radius 2 is 1.87 bits per heavy atom. The summed E-state index contributed by atoms with van der Waals surface area (Å²) in [6.45, 7) is 7.04. The van der Waals surface area contributed by atoms with Crippen LogP contribution in [0.25, 0.3) is 0 Å². The van der Waals surface area contributed by atoms with E-state index in [1.165, 1.54) is 6.92 Å². The van der Waals surface area contributed by atoms with Crippen LogP contribution < -0.4 is 11.1 Å². The zero-order valence-electron chi connectivity index (χ0n) is 13.4. The average Bonchev–Trinajstić information content (AvgIpc) is 2.54. The summed E-state index contributed by atoms with van der Waals surface area (Å²) in [7, 11) is 0. The van der Waals surface area contributed by atoms with E-state index in [0.717, 1.165) is 13.1 Å². The van der Waals surface area contributed by atoms with Crippen molar-refractivity contribution in [2.45, 2.75) is 31.6 Å². The first kappa shape index (κ1) is 17.6. The van der Waals surface area contributed by atoms with Crippen molar-refractivity contribution >= 4 is 17.8 Å². The number of carbonyl (C=O) groups is 3. The lowest BCUT2D eigenvalue weighted by atomic mass is 9.87. The van der Waals surface area contributed by atoms with E-state index in [1.54, 1.807) is 6.92 Å². The van der Waals surface area contributed by atoms with Gasteiger partial charge in [-0.3, -0.25) is 15.4 Å². The van der Waals surface area contributed by atoms with Crippen molar-refractivity contribution in [1.29, 1.82) is 0 Å². The first-order valence-electron chi connectivity index (χ1n) is 7.66. The summed E-state index contributed by atoms with van der Waals surface area (Å²) < 4.78 is 15.2. The van der Waals surface area contributed by atoms with E-state index >= 15 is 0 Å². The highest BCUT2D eigenvalue weighted by molar-refractivity contribution is 6.31. The summed E-state index contributed by atoms with van der Waals surface area (Å²) in [5.41, 5.74) is 2.54. The molecule has 2 aliphatic heterocycles. The quantitative estimate of drug-likeness (QED) is 0.455. The van der Waals surface area contributed by atoms with E-state index in [2.05, 4.69) is 10.2 Å². The number of hydrogen-bond acceptors (Lipinski definition) is 8. The third kappa shape index (κ3) is 3.46. The molecule has 9 nitrogen and oxygen atoms in total. The lowest BCUT2D eigenvalue weighted by Crippen LogP contribution is -2.73. The Morgan fingerprint density at radius 3 is 2.48 bits per heavy atom. The van der Waals surface area contributed by atoms with E-state index in [0.29, 0.717) is 26.3 Å². The monoisotopic (exact) mass is 329 g/mol. The van der Waals surface area contributed by atoms with Gasteiger partial charge in [-0.15, -0.1) is 0 Å². The summed E-state index contributed by atoms with van der Waals surface area (Å²) in [4.78, 5) is 37.4. The SMILES string of the molecule is CC[C@]1(C)OC(=O)C(=O)O[C@]1(N)C(=O)NCCN1CCOCC1. The van der Waals surface area contributed by atoms with Gasteiger partial charge < -0.3 is 19.5 Å². The van der Waals surface area contributed by atoms with Crippen LogP contribution in [-0.2, 0) is 28.6 Å². The smallest absolute Gasteiger partial charge is 0.419 e. The lowest BCUT2D eigenvalue weighted by Gasteiger charge is -2.44. The number of cyclic esters (lactones) is 2. The van der Waals surface area contributed by atoms with E-state index in [9.17, 15) is 14.4 Å². The highest BCUT2D eigenvalue weighted by Crippen LogP contribution is 2.33. The van der Waals surface area contributed by atoms with E-state index in [4.69, 9.17) is 19.9 Å². The zero-order chi connectivity index (χ0) is 17.1. The van der Waals surface area contributed by atoms with E-state index in [-0.39, 0.29) is 6.42 Å². The molecular weight excluding hydrogens is 306 g/mol. The average molecular weight is 329 g/mol. The van der Waals surface area contributed by atoms with Crippen molar-refractivity contribution < 1.29 is 28.6 Å². The maximum atomic E-state index is 12.4. The first-order valence-corrected chi connectivity index (χ1v) is 7.66. The van der Waals surface area contributed by atoms with Gasteiger partial charge in [-0.05, 0) is 13.3 Å². The van der Waals surface area contributed by atoms with Crippen molar-refractivity contribution in [3.8, 4) is 0 Å². The minimum atomic E-state index is -2.04. The number of rotatable bonds is 5. The fourth-order valence-electron chi connectivity index (χ4n) is 2.52. The van der Waals surface area contributed by atoms with E-state index < -0.39 is 29.2 Å².